The molecule has 2 amide bonds. The van der Waals surface area contributed by atoms with Crippen molar-refractivity contribution in [2.45, 2.75) is 44.9 Å². The van der Waals surface area contributed by atoms with Crippen LogP contribution < -0.4 is 15.5 Å². The van der Waals surface area contributed by atoms with Gasteiger partial charge in [-0.15, -0.1) is 0 Å². The normalized spacial score (nSPS) is 17.2. The van der Waals surface area contributed by atoms with Crippen molar-refractivity contribution in [1.29, 1.82) is 5.26 Å². The SMILES string of the molecule is COCC(C)Nc1cc(NC(=O)N2CCCc3cc(CN4CC[C@@H](OC)C4=C=O)c(C=O)nc32)ncc1C#N. The molecular formula is C27H31N7O5. The van der Waals surface area contributed by atoms with E-state index in [9.17, 15) is 19.6 Å². The van der Waals surface area contributed by atoms with Gasteiger partial charge in [0.25, 0.3) is 0 Å². The molecule has 2 aromatic heterocycles. The standard InChI is InChI=1S/C27H31N7O5/c1-17(16-38-2)30-21-10-25(29-12-20(21)11-28)32-27(37)34-7-4-5-18-9-19(22(14-35)31-26(18)34)13-33-8-6-24(39-3)23(33)15-36/h9-10,12,14,17,24H,4-8,13,16H2,1-3H3,(H2,29,30,32,37)/t17?,24-/m1/s1. The van der Waals surface area contributed by atoms with Crippen LogP contribution in [0.1, 0.15) is 46.9 Å². The van der Waals surface area contributed by atoms with Gasteiger partial charge in [0.15, 0.2) is 6.29 Å². The van der Waals surface area contributed by atoms with Gasteiger partial charge in [0.2, 0.25) is 0 Å². The topological polar surface area (TPSA) is 150 Å². The van der Waals surface area contributed by atoms with Crippen LogP contribution in [0.4, 0.5) is 22.1 Å². The van der Waals surface area contributed by atoms with E-state index in [2.05, 4.69) is 26.7 Å². The minimum Gasteiger partial charge on any atom is -0.383 e. The third-order valence-corrected chi connectivity index (χ3v) is 6.77. The first-order valence-electron chi connectivity index (χ1n) is 12.7. The maximum absolute atomic E-state index is 13.3. The summed E-state index contributed by atoms with van der Waals surface area (Å²) in [7, 11) is 3.14. The Labute approximate surface area is 226 Å². The van der Waals surface area contributed by atoms with Gasteiger partial charge >= 0.3 is 6.03 Å². The number of carbonyl (C=O) groups is 2. The van der Waals surface area contributed by atoms with Gasteiger partial charge in [-0.25, -0.2) is 19.6 Å². The van der Waals surface area contributed by atoms with Crippen LogP contribution in [0.25, 0.3) is 0 Å². The number of likely N-dealkylation sites (tertiary alicyclic amines) is 1. The average Bonchev–Trinajstić information content (AvgIpc) is 3.34. The summed E-state index contributed by atoms with van der Waals surface area (Å²) in [5.41, 5.74) is 3.00. The number of urea groups is 1. The van der Waals surface area contributed by atoms with E-state index in [-0.39, 0.29) is 23.7 Å². The second kappa shape index (κ2) is 12.5. The summed E-state index contributed by atoms with van der Waals surface area (Å²) in [6.07, 6.45) is 3.80. The number of methoxy groups -OCH3 is 2. The Hall–Kier alpha value is -4.30. The van der Waals surface area contributed by atoms with Crippen LogP contribution in [0.5, 0.6) is 0 Å². The van der Waals surface area contributed by atoms with E-state index in [0.29, 0.717) is 80.1 Å². The lowest BCUT2D eigenvalue weighted by atomic mass is 10.0. The minimum absolute atomic E-state index is 0.0683. The minimum atomic E-state index is -0.449. The first-order valence-corrected chi connectivity index (χ1v) is 12.7. The molecule has 204 valence electrons. The molecule has 0 spiro atoms. The summed E-state index contributed by atoms with van der Waals surface area (Å²) in [4.78, 5) is 48.9. The number of nitrogens with zero attached hydrogens (tertiary/aromatic N) is 5. The zero-order valence-electron chi connectivity index (χ0n) is 22.2. The van der Waals surface area contributed by atoms with E-state index in [1.165, 1.54) is 11.1 Å². The monoisotopic (exact) mass is 533 g/mol. The van der Waals surface area contributed by atoms with E-state index in [4.69, 9.17) is 9.47 Å². The number of carbonyl (C=O) groups excluding carboxylic acids is 3. The van der Waals surface area contributed by atoms with Crippen molar-refractivity contribution < 1.29 is 23.9 Å². The van der Waals surface area contributed by atoms with E-state index in [1.54, 1.807) is 20.3 Å². The molecule has 1 fully saturated rings. The lowest BCUT2D eigenvalue weighted by Gasteiger charge is -2.29. The number of hydrogen-bond acceptors (Lipinski definition) is 10. The molecule has 0 radical (unpaired) electrons. The molecule has 2 N–H and O–H groups in total. The molecule has 12 heteroatoms. The van der Waals surface area contributed by atoms with Crippen LogP contribution in [-0.4, -0.2) is 79.2 Å². The summed E-state index contributed by atoms with van der Waals surface area (Å²) < 4.78 is 10.5. The van der Waals surface area contributed by atoms with Crippen LogP contribution in [-0.2, 0) is 27.2 Å². The number of aldehydes is 1. The fourth-order valence-electron chi connectivity index (χ4n) is 4.91. The predicted octanol–water partition coefficient (Wildman–Crippen LogP) is 2.53. The molecule has 4 heterocycles. The summed E-state index contributed by atoms with van der Waals surface area (Å²) in [5, 5.41) is 15.4. The maximum Gasteiger partial charge on any atom is 0.328 e. The van der Waals surface area contributed by atoms with Gasteiger partial charge in [-0.2, -0.15) is 5.26 Å². The number of rotatable bonds is 9. The second-order valence-electron chi connectivity index (χ2n) is 9.47. The molecule has 39 heavy (non-hydrogen) atoms. The van der Waals surface area contributed by atoms with Gasteiger partial charge in [0.1, 0.15) is 41.1 Å². The van der Waals surface area contributed by atoms with Gasteiger partial charge in [-0.3, -0.25) is 15.0 Å². The Morgan fingerprint density at radius 2 is 2.15 bits per heavy atom. The highest BCUT2D eigenvalue weighted by Crippen LogP contribution is 2.31. The van der Waals surface area contributed by atoms with Crippen LogP contribution in [0.2, 0.25) is 0 Å². The number of anilines is 3. The van der Waals surface area contributed by atoms with Crippen LogP contribution >= 0.6 is 0 Å². The largest absolute Gasteiger partial charge is 0.383 e. The lowest BCUT2D eigenvalue weighted by Crippen LogP contribution is -2.40. The molecule has 0 saturated carbocycles. The highest BCUT2D eigenvalue weighted by Gasteiger charge is 2.31. The van der Waals surface area contributed by atoms with Crippen molar-refractivity contribution in [3.63, 3.8) is 0 Å². The molecule has 1 unspecified atom stereocenters. The Balaban J connectivity index is 1.55. The van der Waals surface area contributed by atoms with Crippen molar-refractivity contribution >= 4 is 35.6 Å². The van der Waals surface area contributed by atoms with Gasteiger partial charge in [0.05, 0.1) is 17.9 Å². The number of aromatic nitrogens is 2. The van der Waals surface area contributed by atoms with Crippen LogP contribution in [0.3, 0.4) is 0 Å². The van der Waals surface area contributed by atoms with Crippen molar-refractivity contribution in [3.8, 4) is 6.07 Å². The Kier molecular flexibility index (Phi) is 8.88. The van der Waals surface area contributed by atoms with Crippen molar-refractivity contribution in [2.75, 3.05) is 49.4 Å². The highest BCUT2D eigenvalue weighted by atomic mass is 16.5. The summed E-state index contributed by atoms with van der Waals surface area (Å²) >= 11 is 0. The number of nitrogens with one attached hydrogen (secondary N) is 2. The van der Waals surface area contributed by atoms with Crippen LogP contribution in [0.15, 0.2) is 24.0 Å². The molecule has 2 aliphatic heterocycles. The molecule has 2 aliphatic rings. The zero-order valence-corrected chi connectivity index (χ0v) is 22.2. The van der Waals surface area contributed by atoms with Gasteiger partial charge < -0.3 is 19.7 Å². The molecule has 1 saturated heterocycles. The number of fused-ring (bicyclic) bond motifs is 1. The molecule has 0 aliphatic carbocycles. The molecule has 2 atom stereocenters. The van der Waals surface area contributed by atoms with E-state index in [0.717, 1.165) is 5.56 Å². The molecule has 0 aromatic carbocycles. The zero-order chi connectivity index (χ0) is 27.9. The Morgan fingerprint density at radius 3 is 2.85 bits per heavy atom. The number of ether oxygens (including phenoxy) is 2. The van der Waals surface area contributed by atoms with E-state index < -0.39 is 6.03 Å². The fraction of sp³-hybridized carbons (Fsp3) is 0.444. The van der Waals surface area contributed by atoms with Crippen molar-refractivity contribution in [2.24, 2.45) is 0 Å². The van der Waals surface area contributed by atoms with E-state index >= 15 is 0 Å². The smallest absolute Gasteiger partial charge is 0.328 e. The Bertz CT molecular complexity index is 1330. The molecule has 0 bridgehead atoms. The van der Waals surface area contributed by atoms with Gasteiger partial charge in [-0.1, -0.05) is 0 Å². The van der Waals surface area contributed by atoms with Gasteiger partial charge in [0, 0.05) is 57.7 Å². The van der Waals surface area contributed by atoms with Crippen LogP contribution in [0, 0.1) is 11.3 Å². The molecule has 2 aromatic rings. The molecular weight excluding hydrogens is 502 g/mol. The first-order chi connectivity index (χ1) is 18.9. The fourth-order valence-corrected chi connectivity index (χ4v) is 4.91. The summed E-state index contributed by atoms with van der Waals surface area (Å²) in [6, 6.07) is 5.05. The molecule has 12 nitrogen and oxygen atoms in total. The first kappa shape index (κ1) is 27.7. The highest BCUT2D eigenvalue weighted by molar-refractivity contribution is 6.01. The number of nitriles is 1. The van der Waals surface area contributed by atoms with Crippen molar-refractivity contribution in [1.82, 2.24) is 14.9 Å². The quantitative estimate of drug-likeness (QED) is 0.364. The third-order valence-electron chi connectivity index (χ3n) is 6.77. The number of pyridine rings is 2. The Morgan fingerprint density at radius 1 is 1.33 bits per heavy atom. The van der Waals surface area contributed by atoms with Crippen molar-refractivity contribution in [3.05, 3.63) is 46.4 Å². The maximum atomic E-state index is 13.3. The summed E-state index contributed by atoms with van der Waals surface area (Å²) in [6.45, 7) is 3.68. The average molecular weight is 534 g/mol. The summed E-state index contributed by atoms with van der Waals surface area (Å²) in [5.74, 6) is 2.65. The van der Waals surface area contributed by atoms with Gasteiger partial charge in [-0.05, 0) is 37.8 Å². The second-order valence-corrected chi connectivity index (χ2v) is 9.47. The number of hydrogen-bond donors (Lipinski definition) is 2. The molecule has 4 rings (SSSR count). The lowest BCUT2D eigenvalue weighted by molar-refractivity contribution is 0.111. The number of aryl methyl sites for hydroxylation is 1. The number of amides is 2. The van der Waals surface area contributed by atoms with E-state index in [1.807, 2.05) is 23.8 Å². The predicted molar refractivity (Wildman–Crippen MR) is 143 cm³/mol. The third kappa shape index (κ3) is 6.07.